The monoisotopic (exact) mass is 388 g/mol. The Morgan fingerprint density at radius 1 is 1.32 bits per heavy atom. The molecule has 28 heavy (non-hydrogen) atoms. The minimum absolute atomic E-state index is 0.0229. The molecule has 2 heterocycles. The first-order valence-electron chi connectivity index (χ1n) is 9.88. The van der Waals surface area contributed by atoms with Crippen LogP contribution in [0.1, 0.15) is 55.3 Å². The number of alkyl halides is 1. The van der Waals surface area contributed by atoms with E-state index in [9.17, 15) is 19.2 Å². The van der Waals surface area contributed by atoms with Gasteiger partial charge in [-0.1, -0.05) is 0 Å². The highest BCUT2D eigenvalue weighted by atomic mass is 19.1. The third-order valence-corrected chi connectivity index (χ3v) is 6.33. The summed E-state index contributed by atoms with van der Waals surface area (Å²) < 4.78 is 14.8. The Morgan fingerprint density at radius 3 is 2.54 bits per heavy atom. The van der Waals surface area contributed by atoms with Crippen LogP contribution in [0.5, 0.6) is 0 Å². The zero-order valence-electron chi connectivity index (χ0n) is 15.7. The molecule has 2 aliphatic carbocycles. The molecule has 2 saturated carbocycles. The molecule has 1 aromatic rings. The number of likely N-dealkylation sites (tertiary alicyclic amines) is 1. The van der Waals surface area contributed by atoms with Gasteiger partial charge in [0.2, 0.25) is 5.91 Å². The van der Waals surface area contributed by atoms with E-state index >= 15 is 0 Å². The molecule has 3 N–H and O–H groups in total. The Balaban J connectivity index is 1.55. The van der Waals surface area contributed by atoms with Gasteiger partial charge in [0.25, 0.3) is 5.91 Å². The molecule has 1 saturated heterocycles. The zero-order valence-corrected chi connectivity index (χ0v) is 15.7. The number of nitrogens with two attached hydrogens (primary N) is 1. The summed E-state index contributed by atoms with van der Waals surface area (Å²) in [6.45, 7) is 0.974. The van der Waals surface area contributed by atoms with Crippen molar-refractivity contribution in [1.29, 1.82) is 5.26 Å². The SMILES string of the molecule is N#CCC1(n2cc(C(N)=O)c(NC(=O)C3CC3)n2)CCC(N2CC(F)C2)CC1. The molecule has 0 aromatic carbocycles. The second kappa shape index (κ2) is 7.17. The van der Waals surface area contributed by atoms with E-state index in [-0.39, 0.29) is 29.6 Å². The molecule has 8 nitrogen and oxygen atoms in total. The maximum Gasteiger partial charge on any atom is 0.254 e. The van der Waals surface area contributed by atoms with E-state index in [0.717, 1.165) is 25.7 Å². The number of nitrogens with one attached hydrogen (secondary N) is 1. The second-order valence-corrected chi connectivity index (χ2v) is 8.31. The van der Waals surface area contributed by atoms with Crippen LogP contribution >= 0.6 is 0 Å². The van der Waals surface area contributed by atoms with E-state index in [1.54, 1.807) is 10.9 Å². The summed E-state index contributed by atoms with van der Waals surface area (Å²) in [4.78, 5) is 26.2. The molecule has 1 aromatic heterocycles. The first kappa shape index (κ1) is 18.9. The van der Waals surface area contributed by atoms with E-state index < -0.39 is 17.6 Å². The predicted octanol–water partition coefficient (Wildman–Crippen LogP) is 1.54. The van der Waals surface area contributed by atoms with Crippen molar-refractivity contribution in [2.24, 2.45) is 11.7 Å². The number of primary amides is 1. The van der Waals surface area contributed by atoms with Crippen molar-refractivity contribution >= 4 is 17.6 Å². The summed E-state index contributed by atoms with van der Waals surface area (Å²) in [5.41, 5.74) is 5.11. The molecule has 0 bridgehead atoms. The number of nitrogens with zero attached hydrogens (tertiary/aromatic N) is 4. The molecular formula is C19H25FN6O2. The molecule has 3 aliphatic rings. The van der Waals surface area contributed by atoms with Gasteiger partial charge in [0, 0.05) is 31.2 Å². The van der Waals surface area contributed by atoms with Crippen LogP contribution in [-0.4, -0.2) is 51.8 Å². The molecule has 150 valence electrons. The highest BCUT2D eigenvalue weighted by Crippen LogP contribution is 2.41. The molecule has 1 aliphatic heterocycles. The van der Waals surface area contributed by atoms with Gasteiger partial charge < -0.3 is 11.1 Å². The van der Waals surface area contributed by atoms with E-state index in [1.807, 2.05) is 0 Å². The number of hydrogen-bond acceptors (Lipinski definition) is 5. The molecule has 9 heteroatoms. The lowest BCUT2D eigenvalue weighted by atomic mass is 9.76. The van der Waals surface area contributed by atoms with Crippen molar-refractivity contribution in [3.8, 4) is 6.07 Å². The first-order valence-corrected chi connectivity index (χ1v) is 9.88. The Morgan fingerprint density at radius 2 is 2.00 bits per heavy atom. The molecule has 0 radical (unpaired) electrons. The van der Waals surface area contributed by atoms with Gasteiger partial charge in [0.05, 0.1) is 18.0 Å². The fraction of sp³-hybridized carbons (Fsp3) is 0.684. The van der Waals surface area contributed by atoms with Crippen LogP contribution in [0, 0.1) is 17.2 Å². The molecule has 0 spiro atoms. The summed E-state index contributed by atoms with van der Waals surface area (Å²) in [5, 5.41) is 16.6. The average molecular weight is 388 g/mol. The number of anilines is 1. The van der Waals surface area contributed by atoms with Gasteiger partial charge in [-0.3, -0.25) is 19.2 Å². The van der Waals surface area contributed by atoms with Gasteiger partial charge in [-0.15, -0.1) is 0 Å². The molecular weight excluding hydrogens is 363 g/mol. The zero-order chi connectivity index (χ0) is 19.9. The summed E-state index contributed by atoms with van der Waals surface area (Å²) in [6, 6.07) is 2.56. The van der Waals surface area contributed by atoms with E-state index in [2.05, 4.69) is 21.4 Å². The topological polar surface area (TPSA) is 117 Å². The van der Waals surface area contributed by atoms with Crippen LogP contribution in [0.4, 0.5) is 10.2 Å². The Hall–Kier alpha value is -2.47. The fourth-order valence-electron chi connectivity index (χ4n) is 4.35. The van der Waals surface area contributed by atoms with Crippen LogP contribution < -0.4 is 11.1 Å². The second-order valence-electron chi connectivity index (χ2n) is 8.31. The van der Waals surface area contributed by atoms with Crippen molar-refractivity contribution in [3.63, 3.8) is 0 Å². The lowest BCUT2D eigenvalue weighted by Gasteiger charge is -2.46. The number of amides is 2. The maximum atomic E-state index is 13.2. The third-order valence-electron chi connectivity index (χ3n) is 6.33. The standard InChI is InChI=1S/C19H25FN6O2/c20-13-9-25(10-13)14-3-5-19(6-4-14,7-8-21)26-11-15(16(22)27)17(24-26)23-18(28)12-1-2-12/h11-14H,1-7,9-10H2,(H2,22,27)(H,23,24,28). The van der Waals surface area contributed by atoms with Crippen molar-refractivity contribution in [1.82, 2.24) is 14.7 Å². The van der Waals surface area contributed by atoms with Crippen LogP contribution in [0.2, 0.25) is 0 Å². The van der Waals surface area contributed by atoms with Crippen molar-refractivity contribution in [3.05, 3.63) is 11.8 Å². The van der Waals surface area contributed by atoms with Crippen LogP contribution in [0.25, 0.3) is 0 Å². The number of carbonyl (C=O) groups excluding carboxylic acids is 2. The Labute approximate surface area is 162 Å². The van der Waals surface area contributed by atoms with Gasteiger partial charge in [-0.25, -0.2) is 4.39 Å². The Bertz CT molecular complexity index is 813. The Kier molecular flexibility index (Phi) is 4.83. The lowest BCUT2D eigenvalue weighted by Crippen LogP contribution is -2.55. The summed E-state index contributed by atoms with van der Waals surface area (Å²) in [6.07, 6.45) is 5.85. The lowest BCUT2D eigenvalue weighted by molar-refractivity contribution is -0.117. The molecule has 2 amide bonds. The van der Waals surface area contributed by atoms with E-state index in [4.69, 9.17) is 5.73 Å². The van der Waals surface area contributed by atoms with Crippen molar-refractivity contribution < 1.29 is 14.0 Å². The minimum atomic E-state index is -0.729. The fourth-order valence-corrected chi connectivity index (χ4v) is 4.35. The number of hydrogen-bond donors (Lipinski definition) is 2. The maximum absolute atomic E-state index is 13.2. The number of rotatable bonds is 6. The van der Waals surface area contributed by atoms with Crippen molar-refractivity contribution in [2.75, 3.05) is 18.4 Å². The van der Waals surface area contributed by atoms with E-state index in [0.29, 0.717) is 32.0 Å². The van der Waals surface area contributed by atoms with Crippen LogP contribution in [-0.2, 0) is 10.3 Å². The number of carbonyl (C=O) groups is 2. The number of nitriles is 1. The smallest absolute Gasteiger partial charge is 0.254 e. The largest absolute Gasteiger partial charge is 0.365 e. The highest BCUT2D eigenvalue weighted by Gasteiger charge is 2.42. The number of aromatic nitrogens is 2. The molecule has 0 atom stereocenters. The average Bonchev–Trinajstić information content (AvgIpc) is 3.40. The minimum Gasteiger partial charge on any atom is -0.365 e. The molecule has 4 rings (SSSR count). The first-order chi connectivity index (χ1) is 13.4. The number of halogens is 1. The van der Waals surface area contributed by atoms with Gasteiger partial charge in [0.1, 0.15) is 11.7 Å². The van der Waals surface area contributed by atoms with Gasteiger partial charge in [0.15, 0.2) is 5.82 Å². The third kappa shape index (κ3) is 3.49. The molecule has 0 unspecified atom stereocenters. The van der Waals surface area contributed by atoms with Gasteiger partial charge in [-0.2, -0.15) is 10.4 Å². The van der Waals surface area contributed by atoms with E-state index in [1.165, 1.54) is 0 Å². The van der Waals surface area contributed by atoms with Gasteiger partial charge >= 0.3 is 0 Å². The normalized spacial score (nSPS) is 28.4. The summed E-state index contributed by atoms with van der Waals surface area (Å²) >= 11 is 0. The predicted molar refractivity (Wildman–Crippen MR) is 99.0 cm³/mol. The van der Waals surface area contributed by atoms with Crippen molar-refractivity contribution in [2.45, 2.75) is 62.7 Å². The van der Waals surface area contributed by atoms with Crippen LogP contribution in [0.3, 0.4) is 0 Å². The van der Waals surface area contributed by atoms with Gasteiger partial charge in [-0.05, 0) is 38.5 Å². The molecule has 3 fully saturated rings. The summed E-state index contributed by atoms with van der Waals surface area (Å²) in [5.74, 6) is -0.658. The highest BCUT2D eigenvalue weighted by molar-refractivity contribution is 6.02. The quantitative estimate of drug-likeness (QED) is 0.766. The summed E-state index contributed by atoms with van der Waals surface area (Å²) in [7, 11) is 0. The van der Waals surface area contributed by atoms with Crippen LogP contribution in [0.15, 0.2) is 6.20 Å².